The number of anilines is 3. The maximum Gasteiger partial charge on any atom is 0.180 e. The predicted octanol–water partition coefficient (Wildman–Crippen LogP) is 10.6. The zero-order valence-corrected chi connectivity index (χ0v) is 24.2. The van der Waals surface area contributed by atoms with Crippen LogP contribution in [-0.4, -0.2) is 14.5 Å². The molecule has 0 saturated carbocycles. The minimum atomic E-state index is 0.706. The number of nitrogens with zero attached hydrogens (tertiary/aromatic N) is 4. The van der Waals surface area contributed by atoms with Crippen molar-refractivity contribution in [3.8, 4) is 16.9 Å². The third-order valence-corrected chi connectivity index (χ3v) is 8.50. The van der Waals surface area contributed by atoms with Gasteiger partial charge in [-0.15, -0.1) is 0 Å². The van der Waals surface area contributed by atoms with E-state index in [0.29, 0.717) is 5.58 Å². The second-order valence-corrected chi connectivity index (χ2v) is 11.1. The molecular formula is C40H26N4O. The van der Waals surface area contributed by atoms with Gasteiger partial charge in [-0.3, -0.25) is 0 Å². The first kappa shape index (κ1) is 25.3. The summed E-state index contributed by atoms with van der Waals surface area (Å²) in [6.07, 6.45) is 1.62. The quantitative estimate of drug-likeness (QED) is 0.204. The monoisotopic (exact) mass is 578 g/mol. The fourth-order valence-corrected chi connectivity index (χ4v) is 6.48. The summed E-state index contributed by atoms with van der Waals surface area (Å²) in [5.74, 6) is 0. The van der Waals surface area contributed by atoms with Crippen molar-refractivity contribution in [2.45, 2.75) is 0 Å². The van der Waals surface area contributed by atoms with E-state index in [1.807, 2.05) is 24.3 Å². The molecule has 5 nitrogen and oxygen atoms in total. The number of para-hydroxylation sites is 4. The summed E-state index contributed by atoms with van der Waals surface area (Å²) in [6, 6.07) is 53.0. The Kier molecular flexibility index (Phi) is 5.74. The minimum absolute atomic E-state index is 0.706. The average Bonchev–Trinajstić information content (AvgIpc) is 3.65. The van der Waals surface area contributed by atoms with Gasteiger partial charge in [0.2, 0.25) is 0 Å². The van der Waals surface area contributed by atoms with Crippen LogP contribution in [0.2, 0.25) is 0 Å². The van der Waals surface area contributed by atoms with Gasteiger partial charge in [-0.1, -0.05) is 78.9 Å². The molecule has 0 unspecified atom stereocenters. The van der Waals surface area contributed by atoms with Crippen molar-refractivity contribution in [3.63, 3.8) is 0 Å². The van der Waals surface area contributed by atoms with Crippen LogP contribution >= 0.6 is 0 Å². The first-order chi connectivity index (χ1) is 22.3. The molecule has 0 aliphatic carbocycles. The summed E-state index contributed by atoms with van der Waals surface area (Å²) >= 11 is 0. The minimum Gasteiger partial charge on any atom is -0.452 e. The molecule has 0 N–H and O–H groups in total. The van der Waals surface area contributed by atoms with Gasteiger partial charge in [0.15, 0.2) is 5.58 Å². The Labute approximate surface area is 259 Å². The van der Waals surface area contributed by atoms with E-state index in [4.69, 9.17) is 4.42 Å². The van der Waals surface area contributed by atoms with E-state index in [0.717, 1.165) is 61.5 Å². The highest BCUT2D eigenvalue weighted by atomic mass is 16.3. The van der Waals surface area contributed by atoms with Crippen molar-refractivity contribution < 1.29 is 4.42 Å². The summed E-state index contributed by atoms with van der Waals surface area (Å²) in [6.45, 7) is 0. The number of fused-ring (bicyclic) bond motifs is 6. The Balaban J connectivity index is 1.18. The van der Waals surface area contributed by atoms with Crippen molar-refractivity contribution in [3.05, 3.63) is 158 Å². The summed E-state index contributed by atoms with van der Waals surface area (Å²) in [5, 5.41) is 3.40. The van der Waals surface area contributed by atoms with Crippen LogP contribution in [0.5, 0.6) is 0 Å². The molecular weight excluding hydrogens is 552 g/mol. The molecule has 9 rings (SSSR count). The van der Waals surface area contributed by atoms with Crippen LogP contribution in [0.3, 0.4) is 0 Å². The van der Waals surface area contributed by atoms with E-state index in [9.17, 15) is 0 Å². The van der Waals surface area contributed by atoms with Gasteiger partial charge in [0.1, 0.15) is 23.1 Å². The largest absolute Gasteiger partial charge is 0.452 e. The summed E-state index contributed by atoms with van der Waals surface area (Å²) in [7, 11) is 0. The molecule has 0 atom stereocenters. The van der Waals surface area contributed by atoms with Gasteiger partial charge in [-0.05, 0) is 72.8 Å². The van der Waals surface area contributed by atoms with Crippen molar-refractivity contribution in [2.24, 2.45) is 0 Å². The van der Waals surface area contributed by atoms with E-state index in [1.165, 1.54) is 10.8 Å². The van der Waals surface area contributed by atoms with Gasteiger partial charge in [-0.25, -0.2) is 9.97 Å². The van der Waals surface area contributed by atoms with E-state index >= 15 is 0 Å². The second-order valence-electron chi connectivity index (χ2n) is 11.1. The fourth-order valence-electron chi connectivity index (χ4n) is 6.48. The van der Waals surface area contributed by atoms with E-state index in [1.54, 1.807) is 6.33 Å². The van der Waals surface area contributed by atoms with Crippen LogP contribution in [0, 0.1) is 0 Å². The van der Waals surface area contributed by atoms with E-state index in [2.05, 4.69) is 147 Å². The second kappa shape index (κ2) is 10.2. The normalized spacial score (nSPS) is 11.6. The maximum absolute atomic E-state index is 6.22. The Bertz CT molecular complexity index is 2440. The highest BCUT2D eigenvalue weighted by Crippen LogP contribution is 2.40. The molecule has 0 spiro atoms. The van der Waals surface area contributed by atoms with Crippen LogP contribution in [0.1, 0.15) is 0 Å². The molecule has 9 aromatic rings. The summed E-state index contributed by atoms with van der Waals surface area (Å²) in [4.78, 5) is 11.5. The first-order valence-corrected chi connectivity index (χ1v) is 15.0. The van der Waals surface area contributed by atoms with Gasteiger partial charge >= 0.3 is 0 Å². The highest BCUT2D eigenvalue weighted by Gasteiger charge is 2.18. The Morgan fingerprint density at radius 2 is 1.16 bits per heavy atom. The SMILES string of the molecule is c1ccc(N(c2ccccc2)c2ccc3c(c2)c2ccccc2n3-c2ccc(-c3ncnc4c3oc3ccccc34)cc2)cc1. The molecule has 6 aromatic carbocycles. The molecule has 0 aliphatic heterocycles. The van der Waals surface area contributed by atoms with Crippen molar-refractivity contribution in [2.75, 3.05) is 4.90 Å². The molecule has 0 bridgehead atoms. The van der Waals surface area contributed by atoms with Gasteiger partial charge in [0, 0.05) is 44.5 Å². The Morgan fingerprint density at radius 3 is 1.91 bits per heavy atom. The molecule has 45 heavy (non-hydrogen) atoms. The number of hydrogen-bond acceptors (Lipinski definition) is 4. The molecule has 0 aliphatic rings. The van der Waals surface area contributed by atoms with E-state index < -0.39 is 0 Å². The molecule has 0 amide bonds. The lowest BCUT2D eigenvalue weighted by molar-refractivity contribution is 0.667. The van der Waals surface area contributed by atoms with Crippen LogP contribution in [-0.2, 0) is 0 Å². The predicted molar refractivity (Wildman–Crippen MR) is 184 cm³/mol. The number of rotatable bonds is 5. The number of furan rings is 1. The van der Waals surface area contributed by atoms with Crippen molar-refractivity contribution in [1.29, 1.82) is 0 Å². The zero-order valence-electron chi connectivity index (χ0n) is 24.2. The third kappa shape index (κ3) is 4.09. The fraction of sp³-hybridized carbons (Fsp3) is 0. The molecule has 5 heteroatoms. The van der Waals surface area contributed by atoms with Gasteiger partial charge in [-0.2, -0.15) is 0 Å². The molecule has 3 heterocycles. The molecule has 0 fully saturated rings. The topological polar surface area (TPSA) is 47.1 Å². The van der Waals surface area contributed by atoms with Crippen LogP contribution in [0.15, 0.2) is 162 Å². The Morgan fingerprint density at radius 1 is 0.511 bits per heavy atom. The smallest absolute Gasteiger partial charge is 0.180 e. The van der Waals surface area contributed by atoms with Gasteiger partial charge < -0.3 is 13.9 Å². The average molecular weight is 579 g/mol. The summed E-state index contributed by atoms with van der Waals surface area (Å²) < 4.78 is 8.55. The molecule has 3 aromatic heterocycles. The zero-order chi connectivity index (χ0) is 29.7. The lowest BCUT2D eigenvalue weighted by Gasteiger charge is -2.25. The third-order valence-electron chi connectivity index (χ3n) is 8.50. The van der Waals surface area contributed by atoms with Crippen molar-refractivity contribution >= 4 is 60.9 Å². The molecule has 0 radical (unpaired) electrons. The van der Waals surface area contributed by atoms with Crippen LogP contribution in [0.4, 0.5) is 17.1 Å². The number of aromatic nitrogens is 3. The maximum atomic E-state index is 6.22. The molecule has 0 saturated heterocycles. The van der Waals surface area contributed by atoms with Crippen LogP contribution < -0.4 is 4.90 Å². The number of benzene rings is 6. The lowest BCUT2D eigenvalue weighted by Crippen LogP contribution is -2.09. The lowest BCUT2D eigenvalue weighted by atomic mass is 10.1. The first-order valence-electron chi connectivity index (χ1n) is 15.0. The van der Waals surface area contributed by atoms with E-state index in [-0.39, 0.29) is 0 Å². The van der Waals surface area contributed by atoms with Gasteiger partial charge in [0.25, 0.3) is 0 Å². The highest BCUT2D eigenvalue weighted by molar-refractivity contribution is 6.11. The van der Waals surface area contributed by atoms with Gasteiger partial charge in [0.05, 0.1) is 11.0 Å². The van der Waals surface area contributed by atoms with Crippen molar-refractivity contribution in [1.82, 2.24) is 14.5 Å². The summed E-state index contributed by atoms with van der Waals surface area (Å²) in [5.41, 5.74) is 10.8. The molecule has 212 valence electrons. The number of hydrogen-bond donors (Lipinski definition) is 0. The standard InChI is InChI=1S/C40H26N4O/c1-3-11-28(12-4-1)43(29-13-5-2-6-14-29)31-23-24-36-34(25-31)32-15-7-9-17-35(32)44(36)30-21-19-27(20-22-30)38-40-39(42-26-41-38)33-16-8-10-18-37(33)45-40/h1-26H. The Hall–Kier alpha value is -6.20. The van der Waals surface area contributed by atoms with Crippen LogP contribution in [0.25, 0.3) is 60.8 Å².